The van der Waals surface area contributed by atoms with Crippen molar-refractivity contribution in [1.82, 2.24) is 4.90 Å². The highest BCUT2D eigenvalue weighted by Crippen LogP contribution is 2.24. The number of nitrogens with zero attached hydrogens (tertiary/aromatic N) is 2. The standard InChI is InChI=1S/C13H13ClN2O3/c1-18-12-3-2-9(14)6-11(12)13(17)16-4-5-19-10(7-15)8-16/h2-3,6,10H,4-5,8H2,1H3. The number of hydrogen-bond donors (Lipinski definition) is 0. The maximum absolute atomic E-state index is 12.4. The Hall–Kier alpha value is -1.77. The van der Waals surface area contributed by atoms with Gasteiger partial charge in [-0.25, -0.2) is 0 Å². The van der Waals surface area contributed by atoms with E-state index in [1.165, 1.54) is 7.11 Å². The summed E-state index contributed by atoms with van der Waals surface area (Å²) in [7, 11) is 1.50. The largest absolute Gasteiger partial charge is 0.496 e. The van der Waals surface area contributed by atoms with Crippen molar-refractivity contribution in [3.63, 3.8) is 0 Å². The number of morpholine rings is 1. The fourth-order valence-corrected chi connectivity index (χ4v) is 2.10. The molecule has 2 rings (SSSR count). The van der Waals surface area contributed by atoms with Crippen LogP contribution >= 0.6 is 11.6 Å². The van der Waals surface area contributed by atoms with Gasteiger partial charge in [0.2, 0.25) is 0 Å². The Balaban J connectivity index is 2.24. The van der Waals surface area contributed by atoms with E-state index >= 15 is 0 Å². The molecule has 1 fully saturated rings. The molecule has 5 nitrogen and oxygen atoms in total. The van der Waals surface area contributed by atoms with Gasteiger partial charge >= 0.3 is 0 Å². The highest BCUT2D eigenvalue weighted by Gasteiger charge is 2.26. The molecular formula is C13H13ClN2O3. The first kappa shape index (κ1) is 13.7. The highest BCUT2D eigenvalue weighted by molar-refractivity contribution is 6.31. The lowest BCUT2D eigenvalue weighted by molar-refractivity contribution is 0.00334. The second-order valence-electron chi connectivity index (χ2n) is 4.08. The van der Waals surface area contributed by atoms with Crippen LogP contribution in [0.2, 0.25) is 5.02 Å². The molecule has 1 aromatic carbocycles. The summed E-state index contributed by atoms with van der Waals surface area (Å²) in [5.74, 6) is 0.261. The van der Waals surface area contributed by atoms with E-state index < -0.39 is 6.10 Å². The van der Waals surface area contributed by atoms with Crippen LogP contribution in [0.15, 0.2) is 18.2 Å². The van der Waals surface area contributed by atoms with Crippen molar-refractivity contribution in [3.8, 4) is 11.8 Å². The molecule has 0 aliphatic carbocycles. The SMILES string of the molecule is COc1ccc(Cl)cc1C(=O)N1CCOC(C#N)C1. The normalized spacial score (nSPS) is 18.8. The summed E-state index contributed by atoms with van der Waals surface area (Å²) in [6.45, 7) is 1.06. The smallest absolute Gasteiger partial charge is 0.257 e. The number of nitriles is 1. The number of benzene rings is 1. The molecule has 1 amide bonds. The van der Waals surface area contributed by atoms with Crippen LogP contribution in [0.25, 0.3) is 0 Å². The van der Waals surface area contributed by atoms with Crippen LogP contribution in [0, 0.1) is 11.3 Å². The maximum atomic E-state index is 12.4. The third-order valence-electron chi connectivity index (χ3n) is 2.89. The van der Waals surface area contributed by atoms with Gasteiger partial charge in [0.25, 0.3) is 5.91 Å². The molecule has 1 aliphatic heterocycles. The maximum Gasteiger partial charge on any atom is 0.257 e. The monoisotopic (exact) mass is 280 g/mol. The molecule has 1 atom stereocenters. The summed E-state index contributed by atoms with van der Waals surface area (Å²) in [5.41, 5.74) is 0.397. The van der Waals surface area contributed by atoms with Crippen molar-refractivity contribution in [2.24, 2.45) is 0 Å². The quantitative estimate of drug-likeness (QED) is 0.827. The lowest BCUT2D eigenvalue weighted by Crippen LogP contribution is -2.45. The van der Waals surface area contributed by atoms with Gasteiger partial charge in [0.1, 0.15) is 5.75 Å². The number of hydrogen-bond acceptors (Lipinski definition) is 4. The zero-order valence-electron chi connectivity index (χ0n) is 10.4. The molecule has 1 unspecified atom stereocenters. The number of rotatable bonds is 2. The second-order valence-corrected chi connectivity index (χ2v) is 4.52. The minimum absolute atomic E-state index is 0.206. The summed E-state index contributed by atoms with van der Waals surface area (Å²) in [4.78, 5) is 14.0. The van der Waals surface area contributed by atoms with E-state index in [-0.39, 0.29) is 12.5 Å². The van der Waals surface area contributed by atoms with Gasteiger partial charge in [-0.1, -0.05) is 11.6 Å². The summed E-state index contributed by atoms with van der Waals surface area (Å²) >= 11 is 5.91. The summed E-state index contributed by atoms with van der Waals surface area (Å²) in [6.07, 6.45) is -0.581. The van der Waals surface area contributed by atoms with Gasteiger partial charge in [0.15, 0.2) is 6.10 Å². The molecule has 6 heteroatoms. The predicted molar refractivity (Wildman–Crippen MR) is 69.3 cm³/mol. The van der Waals surface area contributed by atoms with Gasteiger partial charge in [0, 0.05) is 11.6 Å². The van der Waals surface area contributed by atoms with Crippen LogP contribution in [-0.2, 0) is 4.74 Å². The molecule has 0 bridgehead atoms. The molecule has 1 aromatic rings. The minimum Gasteiger partial charge on any atom is -0.496 e. The van der Waals surface area contributed by atoms with Crippen LogP contribution in [0.4, 0.5) is 0 Å². The summed E-state index contributed by atoms with van der Waals surface area (Å²) in [5, 5.41) is 9.31. The van der Waals surface area contributed by atoms with E-state index in [2.05, 4.69) is 0 Å². The van der Waals surface area contributed by atoms with E-state index in [0.717, 1.165) is 0 Å². The zero-order chi connectivity index (χ0) is 13.8. The highest BCUT2D eigenvalue weighted by atomic mass is 35.5. The molecule has 1 aliphatic rings. The number of halogens is 1. The number of carbonyl (C=O) groups is 1. The van der Waals surface area contributed by atoms with Gasteiger partial charge in [-0.2, -0.15) is 5.26 Å². The Morgan fingerprint density at radius 3 is 3.11 bits per heavy atom. The van der Waals surface area contributed by atoms with Gasteiger partial charge in [-0.05, 0) is 18.2 Å². The first-order valence-electron chi connectivity index (χ1n) is 5.79. The Morgan fingerprint density at radius 2 is 2.42 bits per heavy atom. The van der Waals surface area contributed by atoms with Crippen LogP contribution in [0.5, 0.6) is 5.75 Å². The van der Waals surface area contributed by atoms with E-state index in [0.29, 0.717) is 29.5 Å². The Labute approximate surface area is 116 Å². The topological polar surface area (TPSA) is 62.6 Å². The number of carbonyl (C=O) groups excluding carboxylic acids is 1. The zero-order valence-corrected chi connectivity index (χ0v) is 11.2. The van der Waals surface area contributed by atoms with Crippen molar-refractivity contribution in [2.75, 3.05) is 26.8 Å². The lowest BCUT2D eigenvalue weighted by Gasteiger charge is -2.30. The van der Waals surface area contributed by atoms with Crippen molar-refractivity contribution in [3.05, 3.63) is 28.8 Å². The van der Waals surface area contributed by atoms with Crippen molar-refractivity contribution in [1.29, 1.82) is 5.26 Å². The molecule has 0 spiro atoms. The summed E-state index contributed by atoms with van der Waals surface area (Å²) in [6, 6.07) is 6.89. The minimum atomic E-state index is -0.581. The molecule has 0 aromatic heterocycles. The molecular weight excluding hydrogens is 268 g/mol. The first-order chi connectivity index (χ1) is 9.15. The fourth-order valence-electron chi connectivity index (χ4n) is 1.93. The predicted octanol–water partition coefficient (Wildman–Crippen LogP) is 1.71. The van der Waals surface area contributed by atoms with Gasteiger partial charge in [-0.15, -0.1) is 0 Å². The molecule has 1 saturated heterocycles. The molecule has 0 N–H and O–H groups in total. The van der Waals surface area contributed by atoms with E-state index in [9.17, 15) is 4.79 Å². The molecule has 19 heavy (non-hydrogen) atoms. The van der Waals surface area contributed by atoms with Crippen molar-refractivity contribution >= 4 is 17.5 Å². The molecule has 100 valence electrons. The Kier molecular flexibility index (Phi) is 4.25. The average molecular weight is 281 g/mol. The number of amides is 1. The summed E-state index contributed by atoms with van der Waals surface area (Å²) < 4.78 is 10.4. The first-order valence-corrected chi connectivity index (χ1v) is 6.17. The van der Waals surface area contributed by atoms with E-state index in [4.69, 9.17) is 26.3 Å². The lowest BCUT2D eigenvalue weighted by atomic mass is 10.1. The van der Waals surface area contributed by atoms with Crippen LogP contribution in [0.3, 0.4) is 0 Å². The van der Waals surface area contributed by atoms with Gasteiger partial charge < -0.3 is 14.4 Å². The Morgan fingerprint density at radius 1 is 1.63 bits per heavy atom. The second kappa shape index (κ2) is 5.91. The van der Waals surface area contributed by atoms with Crippen LogP contribution in [-0.4, -0.2) is 43.7 Å². The fraction of sp³-hybridized carbons (Fsp3) is 0.385. The Bertz CT molecular complexity index is 527. The van der Waals surface area contributed by atoms with E-state index in [1.54, 1.807) is 23.1 Å². The number of ether oxygens (including phenoxy) is 2. The molecule has 0 saturated carbocycles. The van der Waals surface area contributed by atoms with Crippen LogP contribution in [0.1, 0.15) is 10.4 Å². The molecule has 0 radical (unpaired) electrons. The van der Waals surface area contributed by atoms with Crippen molar-refractivity contribution < 1.29 is 14.3 Å². The van der Waals surface area contributed by atoms with E-state index in [1.807, 2.05) is 6.07 Å². The van der Waals surface area contributed by atoms with Gasteiger partial charge in [0.05, 0.1) is 31.9 Å². The third-order valence-corrected chi connectivity index (χ3v) is 3.12. The van der Waals surface area contributed by atoms with Crippen molar-refractivity contribution in [2.45, 2.75) is 6.10 Å². The van der Waals surface area contributed by atoms with Crippen LogP contribution < -0.4 is 4.74 Å². The number of methoxy groups -OCH3 is 1. The third kappa shape index (κ3) is 2.98. The molecule has 1 heterocycles. The van der Waals surface area contributed by atoms with Gasteiger partial charge in [-0.3, -0.25) is 4.79 Å². The average Bonchev–Trinajstić information content (AvgIpc) is 2.46.